The summed E-state index contributed by atoms with van der Waals surface area (Å²) in [4.78, 5) is 14.2. The van der Waals surface area contributed by atoms with Crippen molar-refractivity contribution in [3.05, 3.63) is 53.6 Å². The summed E-state index contributed by atoms with van der Waals surface area (Å²) in [6, 6.07) is 9.38. The number of anilines is 1. The van der Waals surface area contributed by atoms with Crippen LogP contribution in [0.1, 0.15) is 17.5 Å². The molecule has 1 fully saturated rings. The molecule has 2 heterocycles. The molecule has 2 aliphatic heterocycles. The van der Waals surface area contributed by atoms with Gasteiger partial charge in [0.05, 0.1) is 17.1 Å². The lowest BCUT2D eigenvalue weighted by Gasteiger charge is -2.30. The number of nitrogens with one attached hydrogen (secondary N) is 2. The van der Waals surface area contributed by atoms with Crippen LogP contribution in [0, 0.1) is 10.8 Å². The van der Waals surface area contributed by atoms with Gasteiger partial charge in [0.1, 0.15) is 11.9 Å². The number of likely N-dealkylation sites (tertiary alicyclic amines) is 1. The third-order valence-corrected chi connectivity index (χ3v) is 10.6. The minimum absolute atomic E-state index is 0.0682. The second-order valence-electron chi connectivity index (χ2n) is 9.19. The molecule has 0 bridgehead atoms. The molecule has 0 aromatic heterocycles. The Kier molecular flexibility index (Phi) is 7.61. The van der Waals surface area contributed by atoms with Gasteiger partial charge < -0.3 is 31.1 Å². The molecule has 39 heavy (non-hydrogen) atoms. The average molecular weight is 580 g/mol. The first-order valence-electron chi connectivity index (χ1n) is 11.8. The molecule has 0 radical (unpaired) electrons. The fourth-order valence-electron chi connectivity index (χ4n) is 4.55. The number of benzene rings is 2. The summed E-state index contributed by atoms with van der Waals surface area (Å²) in [7, 11) is -9.67. The standard InChI is InChI=1S/C23H29N7O7S2/c24-22(25)28-9-7-15-1-2-17(11-16(15)12-28)30(38(33,34)14-21(31)32)39(35,36)20-5-3-18(4-6-20)37-19-8-10-29(13-19)23(26)27/h1-6,11,19H,7-10,12-14H2,(H3,24,25)(H3,26,27)(H,31,32)/t19-/m0/s1. The number of carbonyl (C=O) groups is 1. The number of nitrogens with two attached hydrogens (primary N) is 2. The van der Waals surface area contributed by atoms with Gasteiger partial charge in [0.15, 0.2) is 17.7 Å². The van der Waals surface area contributed by atoms with Crippen molar-refractivity contribution in [1.82, 2.24) is 9.80 Å². The molecule has 2 aliphatic rings. The molecule has 2 aromatic carbocycles. The van der Waals surface area contributed by atoms with Gasteiger partial charge in [0.2, 0.25) is 0 Å². The molecule has 0 unspecified atom stereocenters. The molecular formula is C23H29N7O7S2. The molecule has 14 nitrogen and oxygen atoms in total. The lowest BCUT2D eigenvalue weighted by atomic mass is 9.99. The van der Waals surface area contributed by atoms with Crippen molar-refractivity contribution in [2.75, 3.05) is 29.1 Å². The number of hydrogen-bond acceptors (Lipinski definition) is 8. The summed E-state index contributed by atoms with van der Waals surface area (Å²) in [5, 5.41) is 24.4. The quantitative estimate of drug-likeness (QED) is 0.205. The number of carboxylic acids is 1. The van der Waals surface area contributed by atoms with Crippen LogP contribution in [0.4, 0.5) is 5.69 Å². The molecule has 16 heteroatoms. The van der Waals surface area contributed by atoms with Crippen molar-refractivity contribution >= 4 is 43.6 Å². The number of guanidine groups is 2. The predicted molar refractivity (Wildman–Crippen MR) is 143 cm³/mol. The highest BCUT2D eigenvalue weighted by Crippen LogP contribution is 2.32. The van der Waals surface area contributed by atoms with E-state index in [9.17, 15) is 26.7 Å². The van der Waals surface area contributed by atoms with Crippen LogP contribution in [0.5, 0.6) is 5.75 Å². The molecule has 0 spiro atoms. The topological polar surface area (TPSA) is 224 Å². The van der Waals surface area contributed by atoms with Gasteiger partial charge >= 0.3 is 5.97 Å². The summed E-state index contributed by atoms with van der Waals surface area (Å²) < 4.78 is 59.6. The van der Waals surface area contributed by atoms with Crippen LogP contribution in [0.2, 0.25) is 0 Å². The molecule has 0 saturated carbocycles. The van der Waals surface area contributed by atoms with Crippen LogP contribution in [-0.4, -0.2) is 81.1 Å². The van der Waals surface area contributed by atoms with Gasteiger partial charge in [-0.3, -0.25) is 15.6 Å². The van der Waals surface area contributed by atoms with Gasteiger partial charge in [-0.1, -0.05) is 6.07 Å². The van der Waals surface area contributed by atoms with Crippen molar-refractivity contribution in [2.24, 2.45) is 11.5 Å². The van der Waals surface area contributed by atoms with Crippen molar-refractivity contribution in [3.63, 3.8) is 0 Å². The van der Waals surface area contributed by atoms with E-state index in [0.717, 1.165) is 5.56 Å². The normalized spacial score (nSPS) is 17.4. The van der Waals surface area contributed by atoms with Crippen LogP contribution in [-0.2, 0) is 37.8 Å². The third-order valence-electron chi connectivity index (χ3n) is 6.44. The van der Waals surface area contributed by atoms with E-state index in [-0.39, 0.29) is 38.9 Å². The largest absolute Gasteiger partial charge is 0.489 e. The maximum absolute atomic E-state index is 13.7. The molecule has 1 atom stereocenters. The fraction of sp³-hybridized carbons (Fsp3) is 0.348. The molecule has 2 aromatic rings. The molecular weight excluding hydrogens is 550 g/mol. The minimum Gasteiger partial charge on any atom is -0.489 e. The molecule has 0 aliphatic carbocycles. The number of sulfonamides is 2. The highest BCUT2D eigenvalue weighted by Gasteiger charge is 2.38. The van der Waals surface area contributed by atoms with E-state index in [1.165, 1.54) is 36.4 Å². The van der Waals surface area contributed by atoms with Crippen molar-refractivity contribution < 1.29 is 31.5 Å². The van der Waals surface area contributed by atoms with Gasteiger partial charge in [0.25, 0.3) is 20.0 Å². The second kappa shape index (κ2) is 10.6. The predicted octanol–water partition coefficient (Wildman–Crippen LogP) is -0.106. The van der Waals surface area contributed by atoms with Gasteiger partial charge in [-0.05, 0) is 53.9 Å². The zero-order valence-electron chi connectivity index (χ0n) is 20.8. The van der Waals surface area contributed by atoms with Gasteiger partial charge in [-0.15, -0.1) is 0 Å². The molecule has 0 amide bonds. The summed E-state index contributed by atoms with van der Waals surface area (Å²) in [6.07, 6.45) is 0.852. The van der Waals surface area contributed by atoms with Crippen LogP contribution in [0.25, 0.3) is 0 Å². The number of rotatable bonds is 8. The first kappa shape index (κ1) is 28.0. The summed E-state index contributed by atoms with van der Waals surface area (Å²) in [5.74, 6) is -3.07. The molecule has 210 valence electrons. The maximum atomic E-state index is 13.7. The zero-order chi connectivity index (χ0) is 28.5. The Labute approximate surface area is 225 Å². The highest BCUT2D eigenvalue weighted by atomic mass is 32.3. The lowest BCUT2D eigenvalue weighted by Crippen LogP contribution is -2.41. The Morgan fingerprint density at radius 3 is 2.26 bits per heavy atom. The Balaban J connectivity index is 1.67. The average Bonchev–Trinajstić information content (AvgIpc) is 3.31. The first-order chi connectivity index (χ1) is 18.3. The highest BCUT2D eigenvalue weighted by molar-refractivity contribution is 8.10. The van der Waals surface area contributed by atoms with Crippen molar-refractivity contribution in [1.29, 1.82) is 10.8 Å². The van der Waals surface area contributed by atoms with E-state index in [0.29, 0.717) is 43.8 Å². The SMILES string of the molecule is N=C(N)N1CCc2ccc(N(S(=O)(=O)CC(=O)O)S(=O)(=O)c3ccc(O[C@H]4CCN(C(=N)N)C4)cc3)cc2C1. The van der Waals surface area contributed by atoms with E-state index in [4.69, 9.17) is 27.0 Å². The molecule has 7 N–H and O–H groups in total. The summed E-state index contributed by atoms with van der Waals surface area (Å²) in [6.45, 7) is 1.59. The van der Waals surface area contributed by atoms with E-state index in [1.807, 2.05) is 0 Å². The third kappa shape index (κ3) is 6.01. The van der Waals surface area contributed by atoms with Crippen LogP contribution in [0.3, 0.4) is 0 Å². The minimum atomic E-state index is -4.88. The smallest absolute Gasteiger partial charge is 0.320 e. The monoisotopic (exact) mass is 579 g/mol. The number of carboxylic acid groups (broad SMARTS) is 1. The van der Waals surface area contributed by atoms with Gasteiger partial charge in [0, 0.05) is 26.1 Å². The van der Waals surface area contributed by atoms with Crippen LogP contribution < -0.4 is 19.9 Å². The number of ether oxygens (including phenoxy) is 1. The van der Waals surface area contributed by atoms with Crippen molar-refractivity contribution in [3.8, 4) is 5.75 Å². The summed E-state index contributed by atoms with van der Waals surface area (Å²) in [5.41, 5.74) is 12.2. The molecule has 4 rings (SSSR count). The van der Waals surface area contributed by atoms with Gasteiger partial charge in [-0.2, -0.15) is 3.71 Å². The fourth-order valence-corrected chi connectivity index (χ4v) is 8.09. The van der Waals surface area contributed by atoms with Crippen molar-refractivity contribution in [2.45, 2.75) is 30.4 Å². The molecule has 1 saturated heterocycles. The van der Waals surface area contributed by atoms with E-state index in [2.05, 4.69) is 0 Å². The Bertz CT molecular complexity index is 1510. The number of fused-ring (bicyclic) bond motifs is 1. The lowest BCUT2D eigenvalue weighted by molar-refractivity contribution is -0.134. The Morgan fingerprint density at radius 2 is 1.67 bits per heavy atom. The number of aliphatic carboxylic acids is 1. The number of hydrogen-bond donors (Lipinski definition) is 5. The first-order valence-corrected chi connectivity index (χ1v) is 14.9. The van der Waals surface area contributed by atoms with Crippen LogP contribution >= 0.6 is 0 Å². The van der Waals surface area contributed by atoms with E-state index in [1.54, 1.807) is 15.9 Å². The Morgan fingerprint density at radius 1 is 1.00 bits per heavy atom. The van der Waals surface area contributed by atoms with E-state index >= 15 is 0 Å². The van der Waals surface area contributed by atoms with Crippen LogP contribution in [0.15, 0.2) is 47.4 Å². The maximum Gasteiger partial charge on any atom is 0.320 e. The summed E-state index contributed by atoms with van der Waals surface area (Å²) >= 11 is 0. The zero-order valence-corrected chi connectivity index (χ0v) is 22.4. The number of nitrogens with zero attached hydrogens (tertiary/aromatic N) is 3. The van der Waals surface area contributed by atoms with E-state index < -0.39 is 31.8 Å². The Hall–Kier alpha value is -4.05. The van der Waals surface area contributed by atoms with Gasteiger partial charge in [-0.25, -0.2) is 16.8 Å². The second-order valence-corrected chi connectivity index (χ2v) is 13.0.